The Hall–Kier alpha value is -11.0. The lowest BCUT2D eigenvalue weighted by Gasteiger charge is -2.35. The fourth-order valence-corrected chi connectivity index (χ4v) is 15.3. The number of benzene rings is 4. The van der Waals surface area contributed by atoms with E-state index in [0.717, 1.165) is 74.9 Å². The smallest absolute Gasteiger partial charge is 0.416 e. The summed E-state index contributed by atoms with van der Waals surface area (Å²) in [5.41, 5.74) is -1.12. The van der Waals surface area contributed by atoms with Crippen molar-refractivity contribution in [3.8, 4) is 11.5 Å². The number of likely N-dealkylation sites (tertiary alicyclic amines) is 2. The summed E-state index contributed by atoms with van der Waals surface area (Å²) in [5.74, 6) is -9.70. The van der Waals surface area contributed by atoms with Gasteiger partial charge in [0.15, 0.2) is 0 Å². The Bertz CT molecular complexity index is 4140. The van der Waals surface area contributed by atoms with Crippen LogP contribution in [0.15, 0.2) is 109 Å². The van der Waals surface area contributed by atoms with E-state index in [4.69, 9.17) is 9.47 Å². The minimum absolute atomic E-state index is 0.0683. The van der Waals surface area contributed by atoms with E-state index in [1.165, 1.54) is 92.2 Å². The molecule has 10 N–H and O–H groups in total. The molecule has 2 saturated carbocycles. The normalized spacial score (nSPS) is 23.2. The Labute approximate surface area is 652 Å². The molecule has 4 aromatic carbocycles. The van der Waals surface area contributed by atoms with Crippen molar-refractivity contribution in [3.05, 3.63) is 154 Å². The molecule has 30 nitrogen and oxygen atoms in total. The molecule has 12 bridgehead atoms. The molecule has 12 atom stereocenters. The summed E-state index contributed by atoms with van der Waals surface area (Å²) in [7, 11) is 3.14. The van der Waals surface area contributed by atoms with E-state index in [0.29, 0.717) is 36.8 Å². The van der Waals surface area contributed by atoms with Crippen LogP contribution in [-0.4, -0.2) is 197 Å². The predicted molar refractivity (Wildman–Crippen MR) is 395 cm³/mol. The second-order valence-corrected chi connectivity index (χ2v) is 30.0. The molecule has 14 rings (SSSR count). The zero-order valence-electron chi connectivity index (χ0n) is 63.3. The number of aromatic nitrogens is 6. The lowest BCUT2D eigenvalue weighted by molar-refractivity contribution is -0.144. The molecule has 0 radical (unpaired) electrons. The van der Waals surface area contributed by atoms with Crippen LogP contribution in [0.4, 0.5) is 26.3 Å². The van der Waals surface area contributed by atoms with Crippen molar-refractivity contribution in [1.29, 1.82) is 0 Å². The van der Waals surface area contributed by atoms with Gasteiger partial charge in [0, 0.05) is 51.6 Å². The van der Waals surface area contributed by atoms with Crippen LogP contribution in [0.3, 0.4) is 0 Å². The van der Waals surface area contributed by atoms with Crippen LogP contribution < -0.4 is 52.0 Å². The lowest BCUT2D eigenvalue weighted by Crippen LogP contribution is -2.60. The van der Waals surface area contributed by atoms with Gasteiger partial charge in [-0.1, -0.05) is 110 Å². The highest BCUT2D eigenvalue weighted by Crippen LogP contribution is 2.37. The quantitative estimate of drug-likeness (QED) is 0.0564. The van der Waals surface area contributed by atoms with E-state index in [1.54, 1.807) is 27.9 Å². The third-order valence-electron chi connectivity index (χ3n) is 22.0. The molecular weight excluding hydrogens is 1500 g/mol. The summed E-state index contributed by atoms with van der Waals surface area (Å²) in [6, 6.07) is 4.79. The third-order valence-corrected chi connectivity index (χ3v) is 22.0. The van der Waals surface area contributed by atoms with Crippen LogP contribution in [0, 0.1) is 11.8 Å². The molecule has 0 unspecified atom stereocenters. The standard InChI is InChI=1S/C78H94F6N16O14/c1-43(85-3)67(101)91-65(49-15-7-5-8-16-49)73(107)97-39-55-35-63(97)71(105)87-59(33-47-13-11-19-51(29-47)77(79,80)81)69(103)89-61(75(109)110)31-45-23-27-58(28-24-45)114-42-54-38-100(96-94-54)56-36-64(98(40-56)74(108)66(50-17-9-6-10-18-50)92-68(102)44(2)86-4)72(106)88-60(34-48-14-12-20-52(30-48)78(82,83)84)70(104)90-62(76(111)112)32-46-21-25-57(26-22-46)113-41-53-37-99(55)95-93-53/h11-14,19-30,37-38,43-44,49-50,55-56,59-66,85-86H,5-10,15-18,31-36,39-42H2,1-4H3,(H,87,105)(H,88,106)(H,89,103)(H,90,104)(H,91,101)(H,92,102)(H,109,110)(H,111,112)/t43-,44-,55-,56-,59-,60-,61-,62-,63-,64-,65-,66-/m0/s1. The van der Waals surface area contributed by atoms with Crippen molar-refractivity contribution in [2.75, 3.05) is 27.2 Å². The number of carboxylic acids is 2. The topological polar surface area (TPSA) is 394 Å². The van der Waals surface area contributed by atoms with Gasteiger partial charge in [0.2, 0.25) is 47.3 Å². The summed E-state index contributed by atoms with van der Waals surface area (Å²) in [4.78, 5) is 147. The minimum atomic E-state index is -4.83. The van der Waals surface area contributed by atoms with Crippen molar-refractivity contribution >= 4 is 59.2 Å². The maximum Gasteiger partial charge on any atom is 0.416 e. The average molecular weight is 1590 g/mol. The Kier molecular flexibility index (Phi) is 27.4. The number of nitrogens with zero attached hydrogens (tertiary/aromatic N) is 8. The molecule has 114 heavy (non-hydrogen) atoms. The van der Waals surface area contributed by atoms with Gasteiger partial charge in [-0.3, -0.25) is 38.4 Å². The zero-order chi connectivity index (χ0) is 81.7. The van der Waals surface area contributed by atoms with Crippen LogP contribution in [0.5, 0.6) is 11.5 Å². The first-order valence-corrected chi connectivity index (χ1v) is 38.2. The van der Waals surface area contributed by atoms with Crippen molar-refractivity contribution in [2.45, 2.75) is 215 Å². The molecule has 8 aliphatic rings. The van der Waals surface area contributed by atoms with Gasteiger partial charge in [-0.15, -0.1) is 10.2 Å². The number of nitrogens with one attached hydrogen (secondary N) is 8. The maximum atomic E-state index is 15.4. The number of carbonyl (C=O) groups excluding carboxylic acids is 8. The highest BCUT2D eigenvalue weighted by atomic mass is 19.4. The first-order valence-electron chi connectivity index (χ1n) is 38.2. The van der Waals surface area contributed by atoms with Crippen molar-refractivity contribution in [1.82, 2.24) is 82.3 Å². The van der Waals surface area contributed by atoms with Gasteiger partial charge >= 0.3 is 24.3 Å². The highest BCUT2D eigenvalue weighted by molar-refractivity contribution is 5.98. The number of likely N-dealkylation sites (N-methyl/N-ethyl adjacent to an activating group) is 2. The average Bonchev–Trinajstić information content (AvgIpc) is 1.63. The number of carboxylic acid groups (broad SMARTS) is 2. The van der Waals surface area contributed by atoms with Gasteiger partial charge in [-0.25, -0.2) is 19.0 Å². The minimum Gasteiger partial charge on any atom is -0.487 e. The lowest BCUT2D eigenvalue weighted by atomic mass is 9.83. The van der Waals surface area contributed by atoms with Gasteiger partial charge in [0.25, 0.3) is 0 Å². The number of alkyl halides is 6. The van der Waals surface area contributed by atoms with Crippen LogP contribution >= 0.6 is 0 Å². The fraction of sp³-hybridized carbons (Fsp3) is 0.513. The van der Waals surface area contributed by atoms with Crippen LogP contribution in [0.2, 0.25) is 0 Å². The molecule has 612 valence electrons. The molecule has 0 spiro atoms. The number of carbonyl (C=O) groups is 10. The monoisotopic (exact) mass is 1590 g/mol. The molecule has 36 heteroatoms. The number of ether oxygens (including phenoxy) is 2. The number of halogens is 6. The molecular formula is C78H94F6N16O14. The third kappa shape index (κ3) is 21.4. The molecule has 2 aliphatic carbocycles. The molecule has 4 fully saturated rings. The van der Waals surface area contributed by atoms with E-state index < -0.39 is 168 Å². The van der Waals surface area contributed by atoms with Crippen molar-refractivity contribution < 1.29 is 94.0 Å². The number of hydrogen-bond donors (Lipinski definition) is 10. The molecule has 8 amide bonds. The van der Waals surface area contributed by atoms with E-state index in [2.05, 4.69) is 63.2 Å². The predicted octanol–water partition coefficient (Wildman–Crippen LogP) is 5.09. The fourth-order valence-electron chi connectivity index (χ4n) is 15.3. The maximum absolute atomic E-state index is 15.4. The summed E-state index contributed by atoms with van der Waals surface area (Å²) in [6.45, 7) is 2.30. The summed E-state index contributed by atoms with van der Waals surface area (Å²) >= 11 is 0. The first kappa shape index (κ1) is 83.9. The largest absolute Gasteiger partial charge is 0.487 e. The second kappa shape index (κ2) is 37.3. The Morgan fingerprint density at radius 2 is 0.886 bits per heavy atom. The van der Waals surface area contributed by atoms with E-state index in [-0.39, 0.29) is 97.8 Å². The number of aliphatic carboxylic acids is 2. The van der Waals surface area contributed by atoms with E-state index in [1.807, 2.05) is 0 Å². The number of hydrogen-bond acceptors (Lipinski definition) is 18. The van der Waals surface area contributed by atoms with Crippen molar-refractivity contribution in [2.24, 2.45) is 11.8 Å². The van der Waals surface area contributed by atoms with Gasteiger partial charge in [-0.2, -0.15) is 26.3 Å². The number of amides is 8. The summed E-state index contributed by atoms with van der Waals surface area (Å²) in [6.07, 6.45) is -2.03. The zero-order valence-corrected chi connectivity index (χ0v) is 63.3. The van der Waals surface area contributed by atoms with E-state index >= 15 is 19.2 Å². The highest BCUT2D eigenvalue weighted by Gasteiger charge is 2.49. The number of rotatable bonds is 16. The first-order chi connectivity index (χ1) is 54.4. The van der Waals surface area contributed by atoms with Crippen LogP contribution in [0.1, 0.15) is 148 Å². The van der Waals surface area contributed by atoms with Crippen LogP contribution in [-0.2, 0) is 99.2 Å². The molecule has 2 aromatic heterocycles. The second-order valence-electron chi connectivity index (χ2n) is 30.0. The van der Waals surface area contributed by atoms with Gasteiger partial charge in [0.1, 0.15) is 84.4 Å². The van der Waals surface area contributed by atoms with Gasteiger partial charge < -0.3 is 72.0 Å². The van der Waals surface area contributed by atoms with Crippen LogP contribution in [0.25, 0.3) is 0 Å². The molecule has 6 aliphatic heterocycles. The Morgan fingerprint density at radius 1 is 0.518 bits per heavy atom. The summed E-state index contributed by atoms with van der Waals surface area (Å²) in [5, 5.41) is 60.5. The molecule has 6 aromatic rings. The van der Waals surface area contributed by atoms with Gasteiger partial charge in [-0.05, 0) is 124 Å². The van der Waals surface area contributed by atoms with Crippen molar-refractivity contribution in [3.63, 3.8) is 0 Å². The Morgan fingerprint density at radius 3 is 1.23 bits per heavy atom. The molecule has 8 heterocycles. The SMILES string of the molecule is CN[C@@H](C)C(=O)N[C@H](C(=O)N1C[C@@H]2C[C@H]1C(=O)N[C@@H](Cc1cccc(C(F)(F)F)c1)C(=O)N[C@H](C(=O)O)Cc1ccc(cc1)OCc1cn(nn1)[C@H]1C[C@@H](C(=O)N[C@@H](Cc3cccc(C(F)(F)F)c3)C(=O)N[C@H](C(=O)O)Cc3ccc(cc3)OCc3cn2nn3)N(C(=O)[C@@H](NC(=O)[C@H](C)NC)C2CCCCC2)C1)C1CCCCC1. The van der Waals surface area contributed by atoms with E-state index in [9.17, 15) is 65.3 Å². The summed E-state index contributed by atoms with van der Waals surface area (Å²) < 4.78 is 101. The Balaban J connectivity index is 0.926. The molecule has 2 saturated heterocycles. The van der Waals surface area contributed by atoms with Gasteiger partial charge in [0.05, 0.1) is 47.7 Å².